The zero-order valence-electron chi connectivity index (χ0n) is 21.8. The molecule has 2 aliphatic rings. The van der Waals surface area contributed by atoms with Crippen LogP contribution in [0.25, 0.3) is 11.3 Å². The quantitative estimate of drug-likeness (QED) is 0.428. The van der Waals surface area contributed by atoms with Gasteiger partial charge in [0.25, 0.3) is 0 Å². The lowest BCUT2D eigenvalue weighted by Gasteiger charge is -2.37. The Bertz CT molecular complexity index is 1150. The van der Waals surface area contributed by atoms with Gasteiger partial charge in [-0.1, -0.05) is 29.8 Å². The summed E-state index contributed by atoms with van der Waals surface area (Å²) in [6.07, 6.45) is 1.15. The van der Waals surface area contributed by atoms with Gasteiger partial charge in [0.15, 0.2) is 17.3 Å². The van der Waals surface area contributed by atoms with Crippen LogP contribution in [0.4, 0.5) is 5.69 Å². The fourth-order valence-corrected chi connectivity index (χ4v) is 5.19. The lowest BCUT2D eigenvalue weighted by atomic mass is 10.1. The summed E-state index contributed by atoms with van der Waals surface area (Å²) in [5.74, 6) is 2.45. The fraction of sp³-hybridized carbons (Fsp3) is 0.483. The molecular formula is C29H38N4O3. The van der Waals surface area contributed by atoms with E-state index in [-0.39, 0.29) is 0 Å². The summed E-state index contributed by atoms with van der Waals surface area (Å²) in [6, 6.07) is 14.8. The maximum Gasteiger partial charge on any atom is 0.162 e. The highest BCUT2D eigenvalue weighted by atomic mass is 16.6. The van der Waals surface area contributed by atoms with E-state index in [9.17, 15) is 0 Å². The minimum Gasteiger partial charge on any atom is -0.486 e. The van der Waals surface area contributed by atoms with Crippen molar-refractivity contribution in [2.45, 2.75) is 33.7 Å². The number of piperazine rings is 1. The Morgan fingerprint density at radius 1 is 0.917 bits per heavy atom. The van der Waals surface area contributed by atoms with Crippen molar-refractivity contribution in [3.05, 3.63) is 59.4 Å². The molecule has 0 amide bonds. The Morgan fingerprint density at radius 3 is 2.50 bits per heavy atom. The molecule has 0 aliphatic carbocycles. The highest BCUT2D eigenvalue weighted by Crippen LogP contribution is 2.34. The van der Waals surface area contributed by atoms with Crippen LogP contribution in [-0.2, 0) is 6.54 Å². The van der Waals surface area contributed by atoms with Gasteiger partial charge >= 0.3 is 0 Å². The number of benzene rings is 2. The smallest absolute Gasteiger partial charge is 0.162 e. The normalized spacial score (nSPS) is 16.1. The molecule has 1 saturated heterocycles. The molecule has 0 spiro atoms. The molecule has 2 aliphatic heterocycles. The first-order chi connectivity index (χ1) is 17.6. The summed E-state index contributed by atoms with van der Waals surface area (Å²) in [5.41, 5.74) is 5.92. The van der Waals surface area contributed by atoms with E-state index in [0.717, 1.165) is 87.3 Å². The predicted molar refractivity (Wildman–Crippen MR) is 143 cm³/mol. The highest BCUT2D eigenvalue weighted by Gasteiger charge is 2.19. The average Bonchev–Trinajstić information content (AvgIpc) is 3.37. The molecule has 0 N–H and O–H groups in total. The Hall–Kier alpha value is -3.03. The summed E-state index contributed by atoms with van der Waals surface area (Å²) in [7, 11) is 0. The molecule has 3 aromatic rings. The van der Waals surface area contributed by atoms with Gasteiger partial charge in [-0.05, 0) is 69.7 Å². The molecule has 36 heavy (non-hydrogen) atoms. The number of ether oxygens (including phenoxy) is 2. The number of fused-ring (bicyclic) bond motifs is 1. The van der Waals surface area contributed by atoms with Crippen LogP contribution in [0.5, 0.6) is 11.5 Å². The summed E-state index contributed by atoms with van der Waals surface area (Å²) in [5, 5.41) is 4.31. The molecular weight excluding hydrogens is 452 g/mol. The molecule has 1 fully saturated rings. The molecule has 7 nitrogen and oxygen atoms in total. The summed E-state index contributed by atoms with van der Waals surface area (Å²) >= 11 is 0. The Balaban J connectivity index is 1.08. The third-order valence-corrected chi connectivity index (χ3v) is 7.24. The fourth-order valence-electron chi connectivity index (χ4n) is 5.19. The van der Waals surface area contributed by atoms with Crippen LogP contribution in [0.1, 0.15) is 30.2 Å². The van der Waals surface area contributed by atoms with Gasteiger partial charge in [-0.2, -0.15) is 0 Å². The van der Waals surface area contributed by atoms with E-state index in [4.69, 9.17) is 14.0 Å². The monoisotopic (exact) mass is 490 g/mol. The number of rotatable bonds is 9. The van der Waals surface area contributed by atoms with Crippen LogP contribution in [0.15, 0.2) is 47.0 Å². The maximum absolute atomic E-state index is 5.71. The maximum atomic E-state index is 5.71. The third-order valence-electron chi connectivity index (χ3n) is 7.24. The van der Waals surface area contributed by atoms with E-state index in [2.05, 4.69) is 58.8 Å². The van der Waals surface area contributed by atoms with E-state index >= 15 is 0 Å². The topological polar surface area (TPSA) is 54.2 Å². The average molecular weight is 491 g/mol. The van der Waals surface area contributed by atoms with Crippen LogP contribution in [0.2, 0.25) is 0 Å². The molecule has 192 valence electrons. The van der Waals surface area contributed by atoms with E-state index < -0.39 is 0 Å². The number of hydrogen-bond acceptors (Lipinski definition) is 7. The van der Waals surface area contributed by atoms with Crippen molar-refractivity contribution < 1.29 is 14.0 Å². The molecule has 1 aromatic heterocycles. The largest absolute Gasteiger partial charge is 0.486 e. The number of aromatic nitrogens is 1. The van der Waals surface area contributed by atoms with Gasteiger partial charge in [-0.15, -0.1) is 0 Å². The Morgan fingerprint density at radius 2 is 1.72 bits per heavy atom. The van der Waals surface area contributed by atoms with Crippen LogP contribution in [0.3, 0.4) is 0 Å². The van der Waals surface area contributed by atoms with Crippen LogP contribution in [-0.4, -0.2) is 74.0 Å². The van der Waals surface area contributed by atoms with Gasteiger partial charge in [0.2, 0.25) is 0 Å². The lowest BCUT2D eigenvalue weighted by Crippen LogP contribution is -2.47. The van der Waals surface area contributed by atoms with Crippen LogP contribution < -0.4 is 14.4 Å². The second-order valence-electron chi connectivity index (χ2n) is 9.88. The van der Waals surface area contributed by atoms with Gasteiger partial charge in [-0.25, -0.2) is 0 Å². The molecule has 3 heterocycles. The minimum absolute atomic E-state index is 0.577. The number of nitrogens with zero attached hydrogens (tertiary/aromatic N) is 4. The molecule has 0 saturated carbocycles. The molecule has 2 aromatic carbocycles. The van der Waals surface area contributed by atoms with E-state index in [0.29, 0.717) is 13.2 Å². The summed E-state index contributed by atoms with van der Waals surface area (Å²) in [6.45, 7) is 16.2. The standard InChI is InChI=1S/C29H38N4O3/c1-4-31(10-5-11-32-12-14-33(15-13-32)27-8-6-22(2)18-23(27)3)21-25-20-26(30-36-25)24-7-9-28-29(19-24)35-17-16-34-28/h6-9,18-20H,4-5,10-17,21H2,1-3H3. The van der Waals surface area contributed by atoms with Gasteiger partial charge in [-0.3, -0.25) is 9.80 Å². The molecule has 7 heteroatoms. The third kappa shape index (κ3) is 5.85. The summed E-state index contributed by atoms with van der Waals surface area (Å²) in [4.78, 5) is 7.56. The SMILES string of the molecule is CCN(CCCN1CCN(c2ccc(C)cc2C)CC1)Cc1cc(-c2ccc3c(c2)OCCO3)no1. The Labute approximate surface area is 214 Å². The van der Waals surface area contributed by atoms with Crippen molar-refractivity contribution in [2.75, 3.05) is 63.9 Å². The molecule has 0 bridgehead atoms. The van der Waals surface area contributed by atoms with Crippen molar-refractivity contribution in [3.63, 3.8) is 0 Å². The van der Waals surface area contributed by atoms with E-state index in [1.165, 1.54) is 16.8 Å². The lowest BCUT2D eigenvalue weighted by molar-refractivity contribution is 0.171. The van der Waals surface area contributed by atoms with E-state index in [1.54, 1.807) is 0 Å². The van der Waals surface area contributed by atoms with Crippen molar-refractivity contribution >= 4 is 5.69 Å². The van der Waals surface area contributed by atoms with Gasteiger partial charge in [0, 0.05) is 43.5 Å². The van der Waals surface area contributed by atoms with Crippen molar-refractivity contribution in [3.8, 4) is 22.8 Å². The van der Waals surface area contributed by atoms with Crippen molar-refractivity contribution in [2.24, 2.45) is 0 Å². The number of hydrogen-bond donors (Lipinski definition) is 0. The second-order valence-corrected chi connectivity index (χ2v) is 9.88. The zero-order chi connectivity index (χ0) is 24.9. The molecule has 0 atom stereocenters. The zero-order valence-corrected chi connectivity index (χ0v) is 21.8. The minimum atomic E-state index is 0.577. The second kappa shape index (κ2) is 11.4. The van der Waals surface area contributed by atoms with Crippen LogP contribution in [0, 0.1) is 13.8 Å². The highest BCUT2D eigenvalue weighted by molar-refractivity contribution is 5.64. The molecule has 5 rings (SSSR count). The number of anilines is 1. The first kappa shape index (κ1) is 24.7. The Kier molecular flexibility index (Phi) is 7.78. The first-order valence-electron chi connectivity index (χ1n) is 13.2. The van der Waals surface area contributed by atoms with Gasteiger partial charge < -0.3 is 18.9 Å². The van der Waals surface area contributed by atoms with Crippen LogP contribution >= 0.6 is 0 Å². The van der Waals surface area contributed by atoms with Gasteiger partial charge in [0.1, 0.15) is 18.9 Å². The molecule has 0 unspecified atom stereocenters. The molecule has 0 radical (unpaired) electrons. The van der Waals surface area contributed by atoms with Crippen molar-refractivity contribution in [1.82, 2.24) is 15.0 Å². The summed E-state index contributed by atoms with van der Waals surface area (Å²) < 4.78 is 17.0. The van der Waals surface area contributed by atoms with Crippen molar-refractivity contribution in [1.29, 1.82) is 0 Å². The van der Waals surface area contributed by atoms with Gasteiger partial charge in [0.05, 0.1) is 6.54 Å². The first-order valence-corrected chi connectivity index (χ1v) is 13.2. The predicted octanol–water partition coefficient (Wildman–Crippen LogP) is 4.76. The van der Waals surface area contributed by atoms with E-state index in [1.807, 2.05) is 24.3 Å². The number of aryl methyl sites for hydroxylation is 2.